The Morgan fingerprint density at radius 2 is 1.66 bits per heavy atom. The van der Waals surface area contributed by atoms with Gasteiger partial charge in [0, 0.05) is 43.8 Å². The smallest absolute Gasteiger partial charge is 0.275 e. The van der Waals surface area contributed by atoms with Gasteiger partial charge in [-0.3, -0.25) is 9.59 Å². The first-order valence-electron chi connectivity index (χ1n) is 11.6. The normalized spacial score (nSPS) is 14.2. The van der Waals surface area contributed by atoms with Gasteiger partial charge in [-0.2, -0.15) is 5.10 Å². The van der Waals surface area contributed by atoms with Crippen LogP contribution < -0.4 is 10.5 Å². The minimum atomic E-state index is -0.118. The lowest BCUT2D eigenvalue weighted by molar-refractivity contribution is 0.0740. The van der Waals surface area contributed by atoms with Gasteiger partial charge in [-0.1, -0.05) is 50.1 Å². The number of unbranched alkanes of at least 4 members (excludes halogenated alkanes) is 2. The van der Waals surface area contributed by atoms with Crippen LogP contribution in [-0.4, -0.2) is 46.8 Å². The van der Waals surface area contributed by atoms with E-state index in [0.29, 0.717) is 36.1 Å². The Morgan fingerprint density at radius 1 is 0.938 bits per heavy atom. The van der Waals surface area contributed by atoms with E-state index in [4.69, 9.17) is 0 Å². The summed E-state index contributed by atoms with van der Waals surface area (Å²) in [5, 5.41) is 5.76. The first-order valence-corrected chi connectivity index (χ1v) is 11.6. The van der Waals surface area contributed by atoms with Crippen LogP contribution >= 0.6 is 0 Å². The molecule has 3 aromatic rings. The van der Waals surface area contributed by atoms with Gasteiger partial charge >= 0.3 is 0 Å². The molecule has 0 saturated carbocycles. The number of rotatable bonds is 6. The SMILES string of the molecule is CCCCCn1nc(C(=O)N2CCN(c3cccc(C)c3C)CC2)c2ccccc2c1=O. The van der Waals surface area contributed by atoms with E-state index < -0.39 is 0 Å². The van der Waals surface area contributed by atoms with Crippen molar-refractivity contribution in [3.8, 4) is 0 Å². The van der Waals surface area contributed by atoms with Crippen molar-refractivity contribution >= 4 is 22.4 Å². The van der Waals surface area contributed by atoms with Crippen LogP contribution in [0.15, 0.2) is 47.3 Å². The molecule has 2 heterocycles. The monoisotopic (exact) mass is 432 g/mol. The maximum Gasteiger partial charge on any atom is 0.275 e. The Morgan fingerprint density at radius 3 is 2.38 bits per heavy atom. The minimum absolute atomic E-state index is 0.0916. The summed E-state index contributed by atoms with van der Waals surface area (Å²) in [6, 6.07) is 13.7. The summed E-state index contributed by atoms with van der Waals surface area (Å²) >= 11 is 0. The summed E-state index contributed by atoms with van der Waals surface area (Å²) in [5.74, 6) is -0.0916. The number of carbonyl (C=O) groups is 1. The Hall–Kier alpha value is -3.15. The van der Waals surface area contributed by atoms with Crippen molar-refractivity contribution in [1.29, 1.82) is 0 Å². The van der Waals surface area contributed by atoms with E-state index in [1.807, 2.05) is 23.1 Å². The first kappa shape index (κ1) is 22.1. The molecule has 168 valence electrons. The van der Waals surface area contributed by atoms with Crippen LogP contribution in [0.4, 0.5) is 5.69 Å². The van der Waals surface area contributed by atoms with Crippen molar-refractivity contribution in [2.24, 2.45) is 0 Å². The molecule has 1 fully saturated rings. The molecule has 0 radical (unpaired) electrons. The number of hydrogen-bond donors (Lipinski definition) is 0. The van der Waals surface area contributed by atoms with Gasteiger partial charge in [-0.15, -0.1) is 0 Å². The molecule has 4 rings (SSSR count). The van der Waals surface area contributed by atoms with Crippen LogP contribution in [0, 0.1) is 13.8 Å². The Labute approximate surface area is 189 Å². The highest BCUT2D eigenvalue weighted by atomic mass is 16.2. The summed E-state index contributed by atoms with van der Waals surface area (Å²) in [4.78, 5) is 30.6. The second-order valence-electron chi connectivity index (χ2n) is 8.63. The van der Waals surface area contributed by atoms with Crippen molar-refractivity contribution in [1.82, 2.24) is 14.7 Å². The highest BCUT2D eigenvalue weighted by Gasteiger charge is 2.26. The summed E-state index contributed by atoms with van der Waals surface area (Å²) in [6.45, 7) is 9.79. The molecule has 6 heteroatoms. The highest BCUT2D eigenvalue weighted by Crippen LogP contribution is 2.24. The molecule has 0 bridgehead atoms. The van der Waals surface area contributed by atoms with Gasteiger partial charge in [0.2, 0.25) is 0 Å². The van der Waals surface area contributed by atoms with Gasteiger partial charge in [0.25, 0.3) is 11.5 Å². The van der Waals surface area contributed by atoms with Crippen molar-refractivity contribution in [2.45, 2.75) is 46.6 Å². The molecule has 1 aliphatic rings. The molecule has 0 atom stereocenters. The quantitative estimate of drug-likeness (QED) is 0.549. The third-order valence-corrected chi connectivity index (χ3v) is 6.53. The van der Waals surface area contributed by atoms with E-state index in [1.54, 1.807) is 6.07 Å². The molecule has 0 spiro atoms. The van der Waals surface area contributed by atoms with Gasteiger partial charge in [0.05, 0.1) is 5.39 Å². The predicted octanol–water partition coefficient (Wildman–Crippen LogP) is 4.17. The van der Waals surface area contributed by atoms with Crippen LogP contribution in [0.5, 0.6) is 0 Å². The zero-order valence-electron chi connectivity index (χ0n) is 19.3. The van der Waals surface area contributed by atoms with Crippen molar-refractivity contribution in [3.05, 3.63) is 69.6 Å². The van der Waals surface area contributed by atoms with Crippen molar-refractivity contribution < 1.29 is 4.79 Å². The number of benzene rings is 2. The Kier molecular flexibility index (Phi) is 6.58. The highest BCUT2D eigenvalue weighted by molar-refractivity contribution is 6.04. The summed E-state index contributed by atoms with van der Waals surface area (Å²) < 4.78 is 1.48. The Bertz CT molecular complexity index is 1180. The Balaban J connectivity index is 1.58. The van der Waals surface area contributed by atoms with Crippen LogP contribution in [0.2, 0.25) is 0 Å². The third kappa shape index (κ3) is 4.27. The molecule has 1 amide bonds. The van der Waals surface area contributed by atoms with E-state index >= 15 is 0 Å². The molecule has 0 unspecified atom stereocenters. The zero-order valence-corrected chi connectivity index (χ0v) is 19.3. The number of piperazine rings is 1. The van der Waals surface area contributed by atoms with Gasteiger partial charge in [-0.05, 0) is 43.5 Å². The van der Waals surface area contributed by atoms with Crippen LogP contribution in [0.3, 0.4) is 0 Å². The van der Waals surface area contributed by atoms with Crippen LogP contribution in [-0.2, 0) is 6.54 Å². The predicted molar refractivity (Wildman–Crippen MR) is 130 cm³/mol. The lowest BCUT2D eigenvalue weighted by Crippen LogP contribution is -2.49. The summed E-state index contributed by atoms with van der Waals surface area (Å²) in [6.07, 6.45) is 2.98. The maximum atomic E-state index is 13.5. The lowest BCUT2D eigenvalue weighted by Gasteiger charge is -2.37. The van der Waals surface area contributed by atoms with E-state index in [9.17, 15) is 9.59 Å². The first-order chi connectivity index (χ1) is 15.5. The second kappa shape index (κ2) is 9.55. The van der Waals surface area contributed by atoms with E-state index in [0.717, 1.165) is 32.4 Å². The molecule has 1 aliphatic heterocycles. The maximum absolute atomic E-state index is 13.5. The number of hydrogen-bond acceptors (Lipinski definition) is 4. The number of fused-ring (bicyclic) bond motifs is 1. The van der Waals surface area contributed by atoms with Crippen molar-refractivity contribution in [2.75, 3.05) is 31.1 Å². The van der Waals surface area contributed by atoms with Gasteiger partial charge in [0.15, 0.2) is 5.69 Å². The van der Waals surface area contributed by atoms with Gasteiger partial charge in [0.1, 0.15) is 0 Å². The molecule has 32 heavy (non-hydrogen) atoms. The zero-order chi connectivity index (χ0) is 22.7. The van der Waals surface area contributed by atoms with Gasteiger partial charge < -0.3 is 9.80 Å². The third-order valence-electron chi connectivity index (χ3n) is 6.53. The number of aryl methyl sites for hydroxylation is 2. The molecular weight excluding hydrogens is 400 g/mol. The number of aromatic nitrogens is 2. The molecule has 2 aromatic carbocycles. The average Bonchev–Trinajstić information content (AvgIpc) is 2.82. The van der Waals surface area contributed by atoms with Crippen LogP contribution in [0.1, 0.15) is 47.8 Å². The number of amides is 1. The fourth-order valence-electron chi connectivity index (χ4n) is 4.43. The number of carbonyl (C=O) groups excluding carboxylic acids is 1. The number of nitrogens with zero attached hydrogens (tertiary/aromatic N) is 4. The molecule has 1 saturated heterocycles. The molecule has 1 aromatic heterocycles. The fraction of sp³-hybridized carbons (Fsp3) is 0.423. The van der Waals surface area contributed by atoms with E-state index in [1.165, 1.54) is 21.5 Å². The fourth-order valence-corrected chi connectivity index (χ4v) is 4.43. The number of anilines is 1. The lowest BCUT2D eigenvalue weighted by atomic mass is 10.1. The largest absolute Gasteiger partial charge is 0.368 e. The summed E-state index contributed by atoms with van der Waals surface area (Å²) in [7, 11) is 0. The van der Waals surface area contributed by atoms with Crippen molar-refractivity contribution in [3.63, 3.8) is 0 Å². The average molecular weight is 433 g/mol. The second-order valence-corrected chi connectivity index (χ2v) is 8.63. The van der Waals surface area contributed by atoms with Gasteiger partial charge in [-0.25, -0.2) is 4.68 Å². The molecule has 6 nitrogen and oxygen atoms in total. The van der Waals surface area contributed by atoms with Crippen LogP contribution in [0.25, 0.3) is 10.8 Å². The summed E-state index contributed by atoms with van der Waals surface area (Å²) in [5.41, 5.74) is 4.08. The standard InChI is InChI=1S/C26H32N4O2/c1-4-5-8-14-30-25(31)22-12-7-6-11-21(22)24(27-30)26(32)29-17-15-28(16-18-29)23-13-9-10-19(2)20(23)3/h6-7,9-13H,4-5,8,14-18H2,1-3H3. The molecular formula is C26H32N4O2. The topological polar surface area (TPSA) is 58.4 Å². The molecule has 0 N–H and O–H groups in total. The molecule has 0 aliphatic carbocycles. The van der Waals surface area contributed by atoms with E-state index in [-0.39, 0.29) is 11.5 Å². The van der Waals surface area contributed by atoms with E-state index in [2.05, 4.69) is 49.0 Å². The minimum Gasteiger partial charge on any atom is -0.368 e.